The van der Waals surface area contributed by atoms with Gasteiger partial charge in [0.2, 0.25) is 0 Å². The second-order valence-corrected chi connectivity index (χ2v) is 2.87. The van der Waals surface area contributed by atoms with Crippen LogP contribution < -0.4 is 0 Å². The molecule has 2 nitrogen and oxygen atoms in total. The summed E-state index contributed by atoms with van der Waals surface area (Å²) in [6.45, 7) is 4.16. The zero-order valence-corrected chi connectivity index (χ0v) is 6.50. The summed E-state index contributed by atoms with van der Waals surface area (Å²) >= 11 is 0. The molecule has 1 aliphatic rings. The molecule has 0 fully saturated rings. The van der Waals surface area contributed by atoms with Crippen LogP contribution in [0.25, 0.3) is 0 Å². The largest absolute Gasteiger partial charge is 0.495 e. The standard InChI is InChI=1S/C8H14O2/c1-6(5-9)8-4-3-7(2)10-8/h3,6,8-9H,4-5H2,1-2H3. The first-order valence-corrected chi connectivity index (χ1v) is 3.68. The van der Waals surface area contributed by atoms with Gasteiger partial charge in [0.1, 0.15) is 6.10 Å². The zero-order valence-electron chi connectivity index (χ0n) is 6.50. The summed E-state index contributed by atoms with van der Waals surface area (Å²) in [5.41, 5.74) is 0. The molecule has 0 amide bonds. The third kappa shape index (κ3) is 1.51. The maximum atomic E-state index is 8.78. The predicted octanol–water partition coefficient (Wildman–Crippen LogP) is 1.31. The SMILES string of the molecule is CC1=CCC(C(C)CO)O1. The van der Waals surface area contributed by atoms with E-state index in [2.05, 4.69) is 6.08 Å². The van der Waals surface area contributed by atoms with Gasteiger partial charge in [-0.1, -0.05) is 6.92 Å². The number of aliphatic hydroxyl groups is 1. The molecule has 2 unspecified atom stereocenters. The Hall–Kier alpha value is -0.500. The fraction of sp³-hybridized carbons (Fsp3) is 0.750. The minimum absolute atomic E-state index is 0.213. The Bertz CT molecular complexity index is 140. The Morgan fingerprint density at radius 2 is 2.60 bits per heavy atom. The van der Waals surface area contributed by atoms with Crippen LogP contribution in [-0.2, 0) is 4.74 Å². The molecule has 0 aromatic rings. The number of allylic oxidation sites excluding steroid dienone is 1. The molecule has 0 aliphatic carbocycles. The smallest absolute Gasteiger partial charge is 0.106 e. The number of aliphatic hydroxyl groups excluding tert-OH is 1. The summed E-state index contributed by atoms with van der Waals surface area (Å²) < 4.78 is 5.42. The first kappa shape index (κ1) is 7.61. The van der Waals surface area contributed by atoms with Crippen molar-refractivity contribution in [2.45, 2.75) is 26.4 Å². The second kappa shape index (κ2) is 3.06. The minimum Gasteiger partial charge on any atom is -0.495 e. The number of hydrogen-bond donors (Lipinski definition) is 1. The molecule has 0 saturated carbocycles. The molecule has 0 spiro atoms. The van der Waals surface area contributed by atoms with Crippen LogP contribution in [0.15, 0.2) is 11.8 Å². The average molecular weight is 142 g/mol. The van der Waals surface area contributed by atoms with Crippen molar-refractivity contribution in [3.05, 3.63) is 11.8 Å². The lowest BCUT2D eigenvalue weighted by Gasteiger charge is -2.17. The van der Waals surface area contributed by atoms with Gasteiger partial charge in [0.15, 0.2) is 0 Å². The predicted molar refractivity (Wildman–Crippen MR) is 39.5 cm³/mol. The highest BCUT2D eigenvalue weighted by molar-refractivity contribution is 4.98. The van der Waals surface area contributed by atoms with Crippen molar-refractivity contribution in [3.8, 4) is 0 Å². The van der Waals surface area contributed by atoms with Crippen LogP contribution in [0.1, 0.15) is 20.3 Å². The Balaban J connectivity index is 2.34. The van der Waals surface area contributed by atoms with Gasteiger partial charge >= 0.3 is 0 Å². The van der Waals surface area contributed by atoms with Crippen LogP contribution in [0.4, 0.5) is 0 Å². The van der Waals surface area contributed by atoms with Gasteiger partial charge in [-0.25, -0.2) is 0 Å². The lowest BCUT2D eigenvalue weighted by molar-refractivity contribution is 0.0645. The first-order valence-electron chi connectivity index (χ1n) is 3.68. The first-order chi connectivity index (χ1) is 4.74. The lowest BCUT2D eigenvalue weighted by atomic mass is 10.0. The fourth-order valence-electron chi connectivity index (χ4n) is 1.08. The second-order valence-electron chi connectivity index (χ2n) is 2.87. The Morgan fingerprint density at radius 1 is 1.90 bits per heavy atom. The minimum atomic E-state index is 0.213. The molecule has 1 heterocycles. The van der Waals surface area contributed by atoms with Gasteiger partial charge in [0, 0.05) is 18.9 Å². The highest BCUT2D eigenvalue weighted by Gasteiger charge is 2.21. The molecule has 0 aromatic heterocycles. The van der Waals surface area contributed by atoms with E-state index in [0.29, 0.717) is 0 Å². The van der Waals surface area contributed by atoms with E-state index in [9.17, 15) is 0 Å². The van der Waals surface area contributed by atoms with Crippen molar-refractivity contribution in [1.29, 1.82) is 0 Å². The topological polar surface area (TPSA) is 29.5 Å². The van der Waals surface area contributed by atoms with Crippen LogP contribution in [0.5, 0.6) is 0 Å². The van der Waals surface area contributed by atoms with Crippen molar-refractivity contribution in [2.24, 2.45) is 5.92 Å². The molecular formula is C8H14O2. The third-order valence-corrected chi connectivity index (χ3v) is 1.90. The van der Waals surface area contributed by atoms with Gasteiger partial charge in [0.25, 0.3) is 0 Å². The quantitative estimate of drug-likeness (QED) is 0.629. The Kier molecular flexibility index (Phi) is 2.33. The van der Waals surface area contributed by atoms with E-state index in [1.807, 2.05) is 13.8 Å². The molecule has 2 atom stereocenters. The molecule has 0 aromatic carbocycles. The molecule has 0 radical (unpaired) electrons. The summed E-state index contributed by atoms with van der Waals surface area (Å²) in [5, 5.41) is 8.78. The van der Waals surface area contributed by atoms with Crippen molar-refractivity contribution < 1.29 is 9.84 Å². The van der Waals surface area contributed by atoms with Gasteiger partial charge in [-0.3, -0.25) is 0 Å². The highest BCUT2D eigenvalue weighted by Crippen LogP contribution is 2.22. The van der Waals surface area contributed by atoms with Crippen LogP contribution in [0.3, 0.4) is 0 Å². The van der Waals surface area contributed by atoms with Gasteiger partial charge < -0.3 is 9.84 Å². The summed E-state index contributed by atoms with van der Waals surface area (Å²) in [6.07, 6.45) is 3.23. The summed E-state index contributed by atoms with van der Waals surface area (Å²) in [7, 11) is 0. The molecule has 0 bridgehead atoms. The molecule has 1 aliphatic heterocycles. The van der Waals surface area contributed by atoms with Crippen molar-refractivity contribution >= 4 is 0 Å². The van der Waals surface area contributed by atoms with E-state index >= 15 is 0 Å². The van der Waals surface area contributed by atoms with Crippen LogP contribution >= 0.6 is 0 Å². The maximum absolute atomic E-state index is 8.78. The van der Waals surface area contributed by atoms with E-state index in [1.54, 1.807) is 0 Å². The summed E-state index contributed by atoms with van der Waals surface area (Å²) in [4.78, 5) is 0. The van der Waals surface area contributed by atoms with Crippen LogP contribution in [-0.4, -0.2) is 17.8 Å². The van der Waals surface area contributed by atoms with Crippen LogP contribution in [0, 0.1) is 5.92 Å². The summed E-state index contributed by atoms with van der Waals surface area (Å²) in [5.74, 6) is 1.25. The van der Waals surface area contributed by atoms with E-state index < -0.39 is 0 Å². The fourth-order valence-corrected chi connectivity index (χ4v) is 1.08. The normalized spacial score (nSPS) is 27.5. The van der Waals surface area contributed by atoms with Crippen molar-refractivity contribution in [1.82, 2.24) is 0 Å². The van der Waals surface area contributed by atoms with E-state index in [0.717, 1.165) is 12.2 Å². The van der Waals surface area contributed by atoms with Gasteiger partial charge in [-0.15, -0.1) is 0 Å². The third-order valence-electron chi connectivity index (χ3n) is 1.90. The average Bonchev–Trinajstić information content (AvgIpc) is 2.34. The van der Waals surface area contributed by atoms with Crippen LogP contribution in [0.2, 0.25) is 0 Å². The molecular weight excluding hydrogens is 128 g/mol. The molecule has 2 heteroatoms. The van der Waals surface area contributed by atoms with E-state index in [-0.39, 0.29) is 18.6 Å². The molecule has 1 rings (SSSR count). The molecule has 58 valence electrons. The van der Waals surface area contributed by atoms with E-state index in [4.69, 9.17) is 9.84 Å². The lowest BCUT2D eigenvalue weighted by Crippen LogP contribution is -2.20. The Morgan fingerprint density at radius 3 is 3.00 bits per heavy atom. The van der Waals surface area contributed by atoms with Gasteiger partial charge in [-0.2, -0.15) is 0 Å². The van der Waals surface area contributed by atoms with Crippen molar-refractivity contribution in [2.75, 3.05) is 6.61 Å². The monoisotopic (exact) mass is 142 g/mol. The van der Waals surface area contributed by atoms with Gasteiger partial charge in [-0.05, 0) is 13.0 Å². The maximum Gasteiger partial charge on any atom is 0.106 e. The summed E-state index contributed by atoms with van der Waals surface area (Å²) in [6, 6.07) is 0. The molecule has 0 saturated heterocycles. The number of hydrogen-bond acceptors (Lipinski definition) is 2. The molecule has 10 heavy (non-hydrogen) atoms. The Labute approximate surface area is 61.5 Å². The highest BCUT2D eigenvalue weighted by atomic mass is 16.5. The zero-order chi connectivity index (χ0) is 7.56. The molecule has 1 N–H and O–H groups in total. The van der Waals surface area contributed by atoms with Crippen molar-refractivity contribution in [3.63, 3.8) is 0 Å². The number of rotatable bonds is 2. The van der Waals surface area contributed by atoms with E-state index in [1.165, 1.54) is 0 Å². The number of ether oxygens (including phenoxy) is 1. The van der Waals surface area contributed by atoms with Gasteiger partial charge in [0.05, 0.1) is 5.76 Å².